The van der Waals surface area contributed by atoms with Crippen molar-refractivity contribution in [1.82, 2.24) is 30.4 Å². The summed E-state index contributed by atoms with van der Waals surface area (Å²) >= 11 is 1.28. The molecule has 0 bridgehead atoms. The monoisotopic (exact) mass is 410 g/mol. The molecule has 0 aliphatic rings. The number of benzene rings is 1. The molecule has 2 amide bonds. The third-order valence-corrected chi connectivity index (χ3v) is 4.96. The van der Waals surface area contributed by atoms with Crippen LogP contribution < -0.4 is 10.6 Å². The largest absolute Gasteiger partial charge is 0.355 e. The van der Waals surface area contributed by atoms with Crippen LogP contribution in [0.2, 0.25) is 0 Å². The highest BCUT2D eigenvalue weighted by Crippen LogP contribution is 2.24. The Balaban J connectivity index is 1.73. The number of aromatic nitrogens is 4. The molecular formula is C20H22N6O2S. The Hall–Kier alpha value is -3.20. The van der Waals surface area contributed by atoms with Crippen LogP contribution in [0.3, 0.4) is 0 Å². The smallest absolute Gasteiger partial charge is 0.239 e. The van der Waals surface area contributed by atoms with Gasteiger partial charge < -0.3 is 10.6 Å². The summed E-state index contributed by atoms with van der Waals surface area (Å²) in [6.45, 7) is 2.90. The van der Waals surface area contributed by atoms with Gasteiger partial charge in [0, 0.05) is 24.5 Å². The van der Waals surface area contributed by atoms with Gasteiger partial charge in [-0.05, 0) is 24.6 Å². The van der Waals surface area contributed by atoms with Crippen molar-refractivity contribution >= 4 is 23.6 Å². The van der Waals surface area contributed by atoms with Gasteiger partial charge in [-0.2, -0.15) is 0 Å². The quantitative estimate of drug-likeness (QED) is 0.521. The van der Waals surface area contributed by atoms with Gasteiger partial charge in [0.1, 0.15) is 0 Å². The van der Waals surface area contributed by atoms with Gasteiger partial charge in [0.25, 0.3) is 0 Å². The molecule has 0 atom stereocenters. The van der Waals surface area contributed by atoms with Crippen molar-refractivity contribution in [2.24, 2.45) is 0 Å². The molecule has 0 saturated carbocycles. The minimum absolute atomic E-state index is 0.0355. The normalized spacial score (nSPS) is 10.5. The van der Waals surface area contributed by atoms with E-state index in [2.05, 4.69) is 25.8 Å². The van der Waals surface area contributed by atoms with Crippen molar-refractivity contribution < 1.29 is 9.59 Å². The summed E-state index contributed by atoms with van der Waals surface area (Å²) in [5, 5.41) is 14.5. The summed E-state index contributed by atoms with van der Waals surface area (Å²) in [6.07, 6.45) is 3.41. The average Bonchev–Trinajstić information content (AvgIpc) is 3.14. The average molecular weight is 411 g/mol. The lowest BCUT2D eigenvalue weighted by Gasteiger charge is -2.10. The van der Waals surface area contributed by atoms with Crippen LogP contribution in [0.4, 0.5) is 0 Å². The standard InChI is InChI=1S/C20H22N6O2S/c1-2-22-17(27)12-23-18(28)14-29-20-25-24-19(16-8-10-21-11-9-16)26(20)13-15-6-4-3-5-7-15/h3-11H,2,12-14H2,1H3,(H,22,27)(H,23,28). The summed E-state index contributed by atoms with van der Waals surface area (Å²) in [5.41, 5.74) is 2.00. The van der Waals surface area contributed by atoms with E-state index in [0.29, 0.717) is 24.1 Å². The maximum absolute atomic E-state index is 12.1. The van der Waals surface area contributed by atoms with Gasteiger partial charge in [-0.15, -0.1) is 10.2 Å². The molecule has 0 unspecified atom stereocenters. The van der Waals surface area contributed by atoms with Gasteiger partial charge in [-0.1, -0.05) is 42.1 Å². The number of nitrogens with zero attached hydrogens (tertiary/aromatic N) is 4. The summed E-state index contributed by atoms with van der Waals surface area (Å²) in [7, 11) is 0. The van der Waals surface area contributed by atoms with E-state index >= 15 is 0 Å². The minimum atomic E-state index is -0.235. The molecule has 9 heteroatoms. The van der Waals surface area contributed by atoms with Crippen LogP contribution in [0.15, 0.2) is 60.0 Å². The number of thioether (sulfide) groups is 1. The summed E-state index contributed by atoms with van der Waals surface area (Å²) in [5.74, 6) is 0.406. The predicted molar refractivity (Wildman–Crippen MR) is 111 cm³/mol. The fourth-order valence-corrected chi connectivity index (χ4v) is 3.41. The number of carbonyl (C=O) groups excluding carboxylic acids is 2. The molecule has 0 saturated heterocycles. The highest BCUT2D eigenvalue weighted by Gasteiger charge is 2.16. The molecule has 150 valence electrons. The van der Waals surface area contributed by atoms with Crippen LogP contribution in [0.1, 0.15) is 12.5 Å². The Morgan fingerprint density at radius 1 is 1.00 bits per heavy atom. The fraction of sp³-hybridized carbons (Fsp3) is 0.250. The Kier molecular flexibility index (Phi) is 7.34. The molecular weight excluding hydrogens is 388 g/mol. The van der Waals surface area contributed by atoms with Crippen molar-refractivity contribution in [2.45, 2.75) is 18.6 Å². The molecule has 2 heterocycles. The van der Waals surface area contributed by atoms with Gasteiger partial charge in [0.05, 0.1) is 18.8 Å². The Morgan fingerprint density at radius 3 is 2.48 bits per heavy atom. The molecule has 0 aliphatic carbocycles. The third kappa shape index (κ3) is 5.89. The van der Waals surface area contributed by atoms with Gasteiger partial charge >= 0.3 is 0 Å². The highest BCUT2D eigenvalue weighted by molar-refractivity contribution is 7.99. The number of amides is 2. The molecule has 1 aromatic carbocycles. The van der Waals surface area contributed by atoms with E-state index in [9.17, 15) is 9.59 Å². The molecule has 3 rings (SSSR count). The van der Waals surface area contributed by atoms with E-state index in [4.69, 9.17) is 0 Å². The molecule has 0 fully saturated rings. The summed E-state index contributed by atoms with van der Waals surface area (Å²) in [4.78, 5) is 27.6. The van der Waals surface area contributed by atoms with E-state index in [1.54, 1.807) is 12.4 Å². The van der Waals surface area contributed by atoms with Gasteiger partial charge in [0.2, 0.25) is 11.8 Å². The molecule has 2 N–H and O–H groups in total. The van der Waals surface area contributed by atoms with E-state index in [0.717, 1.165) is 11.1 Å². The number of hydrogen-bond acceptors (Lipinski definition) is 6. The topological polar surface area (TPSA) is 102 Å². The number of rotatable bonds is 9. The molecule has 8 nitrogen and oxygen atoms in total. The van der Waals surface area contributed by atoms with Crippen molar-refractivity contribution in [1.29, 1.82) is 0 Å². The van der Waals surface area contributed by atoms with Crippen LogP contribution in [0, 0.1) is 0 Å². The van der Waals surface area contributed by atoms with Crippen LogP contribution in [-0.2, 0) is 16.1 Å². The van der Waals surface area contributed by atoms with E-state index in [1.165, 1.54) is 11.8 Å². The van der Waals surface area contributed by atoms with Crippen LogP contribution >= 0.6 is 11.8 Å². The molecule has 29 heavy (non-hydrogen) atoms. The van der Waals surface area contributed by atoms with Gasteiger partial charge in [0.15, 0.2) is 11.0 Å². The second-order valence-corrected chi connectivity index (χ2v) is 7.08. The Labute approximate surface area is 173 Å². The van der Waals surface area contributed by atoms with Crippen molar-refractivity contribution in [2.75, 3.05) is 18.8 Å². The van der Waals surface area contributed by atoms with Crippen molar-refractivity contribution in [3.63, 3.8) is 0 Å². The highest BCUT2D eigenvalue weighted by atomic mass is 32.2. The number of hydrogen-bond donors (Lipinski definition) is 2. The summed E-state index contributed by atoms with van der Waals surface area (Å²) in [6, 6.07) is 13.7. The minimum Gasteiger partial charge on any atom is -0.355 e. The van der Waals surface area contributed by atoms with Gasteiger partial charge in [-0.25, -0.2) is 0 Å². The first kappa shape index (κ1) is 20.5. The maximum Gasteiger partial charge on any atom is 0.239 e. The summed E-state index contributed by atoms with van der Waals surface area (Å²) < 4.78 is 1.98. The van der Waals surface area contributed by atoms with E-state index in [-0.39, 0.29) is 24.1 Å². The zero-order valence-corrected chi connectivity index (χ0v) is 16.9. The molecule has 0 radical (unpaired) electrons. The lowest BCUT2D eigenvalue weighted by molar-refractivity contribution is -0.124. The second-order valence-electron chi connectivity index (χ2n) is 6.13. The number of likely N-dealkylation sites (N-methyl/N-ethyl adjacent to an activating group) is 1. The SMILES string of the molecule is CCNC(=O)CNC(=O)CSc1nnc(-c2ccncc2)n1Cc1ccccc1. The first-order valence-corrected chi connectivity index (χ1v) is 10.2. The van der Waals surface area contributed by atoms with Crippen LogP contribution in [0.5, 0.6) is 0 Å². The van der Waals surface area contributed by atoms with Crippen LogP contribution in [-0.4, -0.2) is 50.4 Å². The lowest BCUT2D eigenvalue weighted by atomic mass is 10.2. The molecule has 0 aliphatic heterocycles. The van der Waals surface area contributed by atoms with E-state index in [1.807, 2.05) is 54.0 Å². The van der Waals surface area contributed by atoms with Crippen LogP contribution in [0.25, 0.3) is 11.4 Å². The predicted octanol–water partition coefficient (Wildman–Crippen LogP) is 1.73. The lowest BCUT2D eigenvalue weighted by Crippen LogP contribution is -2.37. The second kappa shape index (κ2) is 10.4. The fourth-order valence-electron chi connectivity index (χ4n) is 2.64. The maximum atomic E-state index is 12.1. The van der Waals surface area contributed by atoms with E-state index < -0.39 is 0 Å². The Bertz CT molecular complexity index is 946. The molecule has 2 aromatic heterocycles. The zero-order valence-electron chi connectivity index (χ0n) is 16.0. The van der Waals surface area contributed by atoms with Crippen molar-refractivity contribution in [3.05, 3.63) is 60.4 Å². The van der Waals surface area contributed by atoms with Gasteiger partial charge in [-0.3, -0.25) is 19.1 Å². The number of carbonyl (C=O) groups is 2. The first-order chi connectivity index (χ1) is 14.2. The van der Waals surface area contributed by atoms with Crippen molar-refractivity contribution in [3.8, 4) is 11.4 Å². The first-order valence-electron chi connectivity index (χ1n) is 9.21. The molecule has 3 aromatic rings. The molecule has 0 spiro atoms. The zero-order chi connectivity index (χ0) is 20.5. The number of pyridine rings is 1. The Morgan fingerprint density at radius 2 is 1.76 bits per heavy atom. The number of nitrogens with one attached hydrogen (secondary N) is 2. The third-order valence-electron chi connectivity index (χ3n) is 3.99.